The van der Waals surface area contributed by atoms with Crippen LogP contribution in [0, 0.1) is 0 Å². The van der Waals surface area contributed by atoms with E-state index >= 15 is 0 Å². The van der Waals surface area contributed by atoms with E-state index in [0.29, 0.717) is 5.82 Å². The van der Waals surface area contributed by atoms with Crippen LogP contribution in [0.5, 0.6) is 0 Å². The predicted molar refractivity (Wildman–Crippen MR) is 192 cm³/mol. The second-order valence-electron chi connectivity index (χ2n) is 11.6. The van der Waals surface area contributed by atoms with Crippen molar-refractivity contribution in [3.63, 3.8) is 0 Å². The van der Waals surface area contributed by atoms with Crippen LogP contribution in [0.2, 0.25) is 0 Å². The van der Waals surface area contributed by atoms with E-state index in [9.17, 15) is 0 Å². The molecular formula is C43H27N3. The molecule has 0 radical (unpaired) electrons. The third-order valence-corrected chi connectivity index (χ3v) is 8.92. The number of pyridine rings is 1. The Bertz CT molecular complexity index is 2430. The van der Waals surface area contributed by atoms with Crippen molar-refractivity contribution < 1.29 is 0 Å². The second kappa shape index (κ2) is 10.8. The molecule has 9 aromatic rings. The quantitative estimate of drug-likeness (QED) is 0.193. The minimum atomic E-state index is 0.709. The summed E-state index contributed by atoms with van der Waals surface area (Å²) in [5.41, 5.74) is 6.93. The average Bonchev–Trinajstić information content (AvgIpc) is 3.14. The van der Waals surface area contributed by atoms with E-state index in [2.05, 4.69) is 145 Å². The molecule has 0 N–H and O–H groups in total. The lowest BCUT2D eigenvalue weighted by Crippen LogP contribution is -1.98. The molecule has 0 unspecified atom stereocenters. The van der Waals surface area contributed by atoms with Crippen molar-refractivity contribution in [2.45, 2.75) is 0 Å². The maximum Gasteiger partial charge on any atom is 0.161 e. The highest BCUT2D eigenvalue weighted by Crippen LogP contribution is 2.39. The molecule has 214 valence electrons. The number of rotatable bonds is 4. The average molecular weight is 586 g/mol. The van der Waals surface area contributed by atoms with Gasteiger partial charge in [0.1, 0.15) is 0 Å². The molecule has 0 atom stereocenters. The minimum Gasteiger partial charge on any atom is -0.256 e. The lowest BCUT2D eigenvalue weighted by molar-refractivity contribution is 1.19. The van der Waals surface area contributed by atoms with Gasteiger partial charge in [-0.05, 0) is 73.4 Å². The van der Waals surface area contributed by atoms with Gasteiger partial charge in [-0.15, -0.1) is 0 Å². The lowest BCUT2D eigenvalue weighted by atomic mass is 9.94. The summed E-state index contributed by atoms with van der Waals surface area (Å²) >= 11 is 0. The summed E-state index contributed by atoms with van der Waals surface area (Å²) in [6.45, 7) is 0. The first-order valence-corrected chi connectivity index (χ1v) is 15.5. The molecule has 46 heavy (non-hydrogen) atoms. The number of aromatic nitrogens is 3. The fraction of sp³-hybridized carbons (Fsp3) is 0. The van der Waals surface area contributed by atoms with Gasteiger partial charge in [-0.1, -0.05) is 127 Å². The van der Waals surface area contributed by atoms with Gasteiger partial charge in [-0.2, -0.15) is 0 Å². The summed E-state index contributed by atoms with van der Waals surface area (Å²) in [5, 5.41) is 9.54. The van der Waals surface area contributed by atoms with E-state index in [0.717, 1.165) is 44.7 Å². The van der Waals surface area contributed by atoms with Crippen LogP contribution in [-0.2, 0) is 0 Å². The Morgan fingerprint density at radius 1 is 0.326 bits per heavy atom. The van der Waals surface area contributed by atoms with Crippen LogP contribution >= 0.6 is 0 Å². The van der Waals surface area contributed by atoms with E-state index in [1.165, 1.54) is 37.7 Å². The standard InChI is InChI=1S/C43H27N3/c1-3-13-32-30(11-1)25-38(36-17-7-5-15-34(32)36)42-27-41(29-22-20-28(21-23-29)40-19-9-10-24-44-40)45-43(46-42)39-26-31-12-2-4-14-33(31)35-16-6-8-18-37(35)39/h1-27H. The van der Waals surface area contributed by atoms with Gasteiger partial charge in [0.2, 0.25) is 0 Å². The number of hydrogen-bond donors (Lipinski definition) is 0. The topological polar surface area (TPSA) is 38.7 Å². The van der Waals surface area contributed by atoms with Gasteiger partial charge in [0, 0.05) is 28.5 Å². The van der Waals surface area contributed by atoms with Crippen molar-refractivity contribution in [3.8, 4) is 45.2 Å². The number of fused-ring (bicyclic) bond motifs is 6. The van der Waals surface area contributed by atoms with E-state index in [-0.39, 0.29) is 0 Å². The number of hydrogen-bond acceptors (Lipinski definition) is 3. The van der Waals surface area contributed by atoms with Crippen molar-refractivity contribution >= 4 is 43.1 Å². The molecule has 0 aliphatic carbocycles. The van der Waals surface area contributed by atoms with E-state index in [4.69, 9.17) is 9.97 Å². The molecule has 9 rings (SSSR count). The number of benzene rings is 7. The number of nitrogens with zero attached hydrogens (tertiary/aromatic N) is 3. The largest absolute Gasteiger partial charge is 0.256 e. The monoisotopic (exact) mass is 585 g/mol. The summed E-state index contributed by atoms with van der Waals surface area (Å²) in [6, 6.07) is 55.5. The van der Waals surface area contributed by atoms with Gasteiger partial charge >= 0.3 is 0 Å². The molecule has 2 heterocycles. The second-order valence-corrected chi connectivity index (χ2v) is 11.6. The Kier molecular flexibility index (Phi) is 6.14. The van der Waals surface area contributed by atoms with Gasteiger partial charge < -0.3 is 0 Å². The minimum absolute atomic E-state index is 0.709. The molecule has 0 amide bonds. The molecule has 0 bridgehead atoms. The van der Waals surface area contributed by atoms with Crippen LogP contribution in [0.3, 0.4) is 0 Å². The summed E-state index contributed by atoms with van der Waals surface area (Å²) in [6.07, 6.45) is 1.83. The molecule has 2 aromatic heterocycles. The molecule has 0 aliphatic heterocycles. The highest BCUT2D eigenvalue weighted by Gasteiger charge is 2.17. The first-order chi connectivity index (χ1) is 22.8. The molecule has 0 saturated carbocycles. The van der Waals surface area contributed by atoms with E-state index < -0.39 is 0 Å². The fourth-order valence-corrected chi connectivity index (χ4v) is 6.70. The van der Waals surface area contributed by atoms with Crippen LogP contribution < -0.4 is 0 Å². The van der Waals surface area contributed by atoms with Crippen LogP contribution in [0.1, 0.15) is 0 Å². The van der Waals surface area contributed by atoms with Gasteiger partial charge in [-0.25, -0.2) is 9.97 Å². The van der Waals surface area contributed by atoms with Crippen LogP contribution in [0.4, 0.5) is 0 Å². The lowest BCUT2D eigenvalue weighted by Gasteiger charge is -2.15. The highest BCUT2D eigenvalue weighted by atomic mass is 14.9. The van der Waals surface area contributed by atoms with Gasteiger partial charge in [-0.3, -0.25) is 4.98 Å². The van der Waals surface area contributed by atoms with Crippen molar-refractivity contribution in [2.24, 2.45) is 0 Å². The molecule has 0 aliphatic rings. The first-order valence-electron chi connectivity index (χ1n) is 15.5. The molecule has 0 spiro atoms. The van der Waals surface area contributed by atoms with Crippen LogP contribution in [0.15, 0.2) is 164 Å². The van der Waals surface area contributed by atoms with Crippen molar-refractivity contribution in [1.82, 2.24) is 15.0 Å². The Balaban J connectivity index is 1.32. The normalized spacial score (nSPS) is 11.5. The zero-order valence-corrected chi connectivity index (χ0v) is 24.9. The molecule has 7 aromatic carbocycles. The molecular weight excluding hydrogens is 558 g/mol. The Morgan fingerprint density at radius 2 is 0.804 bits per heavy atom. The Labute approximate surface area is 266 Å². The fourth-order valence-electron chi connectivity index (χ4n) is 6.70. The van der Waals surface area contributed by atoms with Crippen LogP contribution in [-0.4, -0.2) is 15.0 Å². The maximum atomic E-state index is 5.36. The molecule has 0 fully saturated rings. The smallest absolute Gasteiger partial charge is 0.161 e. The van der Waals surface area contributed by atoms with Gasteiger partial charge in [0.05, 0.1) is 17.1 Å². The van der Waals surface area contributed by atoms with Crippen molar-refractivity contribution in [1.29, 1.82) is 0 Å². The summed E-state index contributed by atoms with van der Waals surface area (Å²) in [7, 11) is 0. The predicted octanol–water partition coefficient (Wildman–Crippen LogP) is 11.2. The first kappa shape index (κ1) is 26.2. The zero-order chi connectivity index (χ0) is 30.5. The summed E-state index contributed by atoms with van der Waals surface area (Å²) in [4.78, 5) is 15.2. The Hall–Kier alpha value is -6.19. The summed E-state index contributed by atoms with van der Waals surface area (Å²) < 4.78 is 0. The maximum absolute atomic E-state index is 5.36. The third-order valence-electron chi connectivity index (χ3n) is 8.92. The highest BCUT2D eigenvalue weighted by molar-refractivity contribution is 6.15. The van der Waals surface area contributed by atoms with E-state index in [1.54, 1.807) is 0 Å². The van der Waals surface area contributed by atoms with E-state index in [1.807, 2.05) is 24.4 Å². The SMILES string of the molecule is c1ccc(-c2ccc(-c3cc(-c4cc5ccccc5c5ccccc45)nc(-c4cc5ccccc5c5ccccc45)n3)cc2)nc1. The third kappa shape index (κ3) is 4.41. The summed E-state index contributed by atoms with van der Waals surface area (Å²) in [5.74, 6) is 0.709. The Morgan fingerprint density at radius 3 is 1.41 bits per heavy atom. The van der Waals surface area contributed by atoms with Gasteiger partial charge in [0.15, 0.2) is 5.82 Å². The van der Waals surface area contributed by atoms with Crippen molar-refractivity contribution in [2.75, 3.05) is 0 Å². The van der Waals surface area contributed by atoms with Crippen molar-refractivity contribution in [3.05, 3.63) is 164 Å². The molecule has 0 saturated heterocycles. The van der Waals surface area contributed by atoms with Crippen LogP contribution in [0.25, 0.3) is 88.2 Å². The zero-order valence-electron chi connectivity index (χ0n) is 24.9. The van der Waals surface area contributed by atoms with Gasteiger partial charge in [0.25, 0.3) is 0 Å². The molecule has 3 heteroatoms. The molecule has 3 nitrogen and oxygen atoms in total.